The highest BCUT2D eigenvalue weighted by Crippen LogP contribution is 2.50. The third-order valence-corrected chi connectivity index (χ3v) is 11.8. The zero-order chi connectivity index (χ0) is 39.1. The Morgan fingerprint density at radius 2 is 1.69 bits per heavy atom. The van der Waals surface area contributed by atoms with Crippen molar-refractivity contribution in [2.75, 3.05) is 30.1 Å². The minimum Gasteiger partial charge on any atom is -0.508 e. The molecule has 0 spiro atoms. The van der Waals surface area contributed by atoms with Crippen molar-refractivity contribution in [1.82, 2.24) is 10.6 Å². The fourth-order valence-electron chi connectivity index (χ4n) is 6.72. The van der Waals surface area contributed by atoms with Crippen molar-refractivity contribution in [3.8, 4) is 11.5 Å². The maximum atomic E-state index is 13.7. The number of para-hydroxylation sites is 1. The van der Waals surface area contributed by atoms with E-state index in [-0.39, 0.29) is 24.2 Å². The summed E-state index contributed by atoms with van der Waals surface area (Å²) in [5.74, 6) is -0.779. The summed E-state index contributed by atoms with van der Waals surface area (Å²) >= 11 is 3.41. The predicted octanol–water partition coefficient (Wildman–Crippen LogP) is 8.92. The number of carbonyl (C=O) groups is 3. The first-order chi connectivity index (χ1) is 26.1. The molecule has 3 aromatic rings. The van der Waals surface area contributed by atoms with Crippen molar-refractivity contribution in [3.63, 3.8) is 0 Å². The van der Waals surface area contributed by atoms with Gasteiger partial charge in [0.2, 0.25) is 5.91 Å². The zero-order valence-corrected chi connectivity index (χ0v) is 33.7. The average Bonchev–Trinajstić information content (AvgIpc) is 3.34. The van der Waals surface area contributed by atoms with Crippen molar-refractivity contribution in [2.24, 2.45) is 5.41 Å². The van der Waals surface area contributed by atoms with E-state index >= 15 is 0 Å². The Morgan fingerprint density at radius 3 is 2.28 bits per heavy atom. The van der Waals surface area contributed by atoms with E-state index < -0.39 is 29.9 Å². The summed E-state index contributed by atoms with van der Waals surface area (Å²) in [4.78, 5) is 43.8. The standard InChI is InChI=1S/C43H55N3O6S2/c1-6-10-22-43(23-11-7-2)28-46(32-16-13-12-14-17-32)35-25-38(53-5)36(26-37(35)54-29-43)52-27-39(48)45-40(31(9-4)15-8-3)41(49)44-34(42(50)51)24-30-18-20-33(47)21-19-30/h8-9,12-21,25-26,34,40,47H,6-7,10-11,22-24,27-29H2,1-5H3,(H,44,49)(H,45,48)(H,50,51)/b15-8-,31-9+/t34?,40-/m1/s1. The van der Waals surface area contributed by atoms with E-state index in [4.69, 9.17) is 4.74 Å². The van der Waals surface area contributed by atoms with Gasteiger partial charge in [-0.25, -0.2) is 4.79 Å². The van der Waals surface area contributed by atoms with Gasteiger partial charge in [0.05, 0.1) is 10.6 Å². The van der Waals surface area contributed by atoms with Crippen LogP contribution in [-0.2, 0) is 20.8 Å². The number of carbonyl (C=O) groups excluding carboxylic acids is 2. The number of aliphatic carboxylic acids is 1. The Hall–Kier alpha value is -4.35. The van der Waals surface area contributed by atoms with Gasteiger partial charge in [-0.05, 0) is 85.9 Å². The lowest BCUT2D eigenvalue weighted by molar-refractivity contribution is -0.142. The van der Waals surface area contributed by atoms with Gasteiger partial charge in [-0.15, -0.1) is 23.5 Å². The minimum absolute atomic E-state index is 0.00620. The number of anilines is 2. The molecular weight excluding hydrogens is 719 g/mol. The molecule has 0 saturated carbocycles. The third kappa shape index (κ3) is 11.6. The van der Waals surface area contributed by atoms with Crippen molar-refractivity contribution in [2.45, 2.75) is 94.5 Å². The van der Waals surface area contributed by atoms with Gasteiger partial charge in [0.25, 0.3) is 5.91 Å². The molecule has 1 aliphatic heterocycles. The number of allylic oxidation sites excluding steroid dienone is 2. The lowest BCUT2D eigenvalue weighted by Crippen LogP contribution is -2.53. The van der Waals surface area contributed by atoms with Gasteiger partial charge in [0.1, 0.15) is 23.6 Å². The molecule has 1 unspecified atom stereocenters. The number of aromatic hydroxyl groups is 1. The molecule has 0 aromatic heterocycles. The van der Waals surface area contributed by atoms with Crippen LogP contribution < -0.4 is 20.3 Å². The fraction of sp³-hybridized carbons (Fsp3) is 0.419. The van der Waals surface area contributed by atoms with E-state index in [2.05, 4.69) is 59.7 Å². The molecule has 9 nitrogen and oxygen atoms in total. The molecule has 0 radical (unpaired) electrons. The van der Waals surface area contributed by atoms with Crippen molar-refractivity contribution >= 4 is 52.7 Å². The number of phenols is 1. The lowest BCUT2D eigenvalue weighted by Gasteiger charge is -2.37. The summed E-state index contributed by atoms with van der Waals surface area (Å²) in [6, 6.07) is 18.5. The minimum atomic E-state index is -1.26. The highest BCUT2D eigenvalue weighted by molar-refractivity contribution is 7.99. The molecule has 4 N–H and O–H groups in total. The summed E-state index contributed by atoms with van der Waals surface area (Å²) in [6.07, 6.45) is 14.1. The average molecular weight is 774 g/mol. The number of unbranched alkanes of at least 4 members (excludes halogenated alkanes) is 2. The van der Waals surface area contributed by atoms with Crippen LogP contribution in [0.15, 0.2) is 100 Å². The number of rotatable bonds is 19. The zero-order valence-electron chi connectivity index (χ0n) is 32.1. The van der Waals surface area contributed by atoms with E-state index in [1.165, 1.54) is 25.0 Å². The molecule has 1 aliphatic rings. The highest BCUT2D eigenvalue weighted by Gasteiger charge is 2.36. The van der Waals surface area contributed by atoms with Crippen LogP contribution in [0.25, 0.3) is 0 Å². The molecule has 290 valence electrons. The van der Waals surface area contributed by atoms with Gasteiger partial charge in [0, 0.05) is 29.3 Å². The van der Waals surface area contributed by atoms with E-state index in [0.29, 0.717) is 16.9 Å². The lowest BCUT2D eigenvalue weighted by atomic mass is 9.79. The molecule has 0 fully saturated rings. The van der Waals surface area contributed by atoms with Crippen LogP contribution in [0.1, 0.15) is 71.8 Å². The van der Waals surface area contributed by atoms with Gasteiger partial charge in [-0.2, -0.15) is 0 Å². The van der Waals surface area contributed by atoms with Crippen LogP contribution in [0.5, 0.6) is 11.5 Å². The fourth-order valence-corrected chi connectivity index (χ4v) is 8.61. The van der Waals surface area contributed by atoms with Gasteiger partial charge in [0.15, 0.2) is 6.61 Å². The number of carboxylic acid groups (broad SMARTS) is 1. The second-order valence-corrected chi connectivity index (χ2v) is 15.6. The Bertz CT molecular complexity index is 1750. The second kappa shape index (κ2) is 20.9. The Balaban J connectivity index is 1.58. The van der Waals surface area contributed by atoms with E-state index in [1.807, 2.05) is 30.2 Å². The number of fused-ring (bicyclic) bond motifs is 1. The van der Waals surface area contributed by atoms with Crippen LogP contribution in [0.4, 0.5) is 11.4 Å². The van der Waals surface area contributed by atoms with Crippen LogP contribution in [-0.4, -0.2) is 65.2 Å². The van der Waals surface area contributed by atoms with Gasteiger partial charge in [-0.3, -0.25) is 9.59 Å². The maximum absolute atomic E-state index is 13.7. The van der Waals surface area contributed by atoms with Crippen molar-refractivity contribution in [1.29, 1.82) is 0 Å². The molecule has 0 saturated heterocycles. The number of nitrogens with one attached hydrogen (secondary N) is 2. The SMILES string of the molecule is C/C=C\C(=C/C)[C@@H](NC(=O)COc1cc2c(cc1SC)N(c1ccccc1)CC(CCCC)(CCCC)CS2)C(=O)NC(Cc1ccc(O)cc1)C(=O)O. The highest BCUT2D eigenvalue weighted by atomic mass is 32.2. The Kier molecular flexibility index (Phi) is 16.4. The van der Waals surface area contributed by atoms with E-state index in [9.17, 15) is 24.6 Å². The summed E-state index contributed by atoms with van der Waals surface area (Å²) in [5, 5.41) is 24.9. The topological polar surface area (TPSA) is 128 Å². The normalized spacial score (nSPS) is 15.2. The number of benzene rings is 3. The molecule has 0 aliphatic carbocycles. The third-order valence-electron chi connectivity index (χ3n) is 9.70. The number of amides is 2. The number of ether oxygens (including phenoxy) is 1. The van der Waals surface area contributed by atoms with Crippen molar-refractivity contribution in [3.05, 3.63) is 96.1 Å². The Morgan fingerprint density at radius 1 is 1.00 bits per heavy atom. The largest absolute Gasteiger partial charge is 0.508 e. The molecule has 2 amide bonds. The van der Waals surface area contributed by atoms with Gasteiger partial charge in [-0.1, -0.05) is 88.1 Å². The molecule has 4 rings (SSSR count). The second-order valence-electron chi connectivity index (χ2n) is 13.7. The van der Waals surface area contributed by atoms with Gasteiger partial charge < -0.3 is 30.5 Å². The maximum Gasteiger partial charge on any atom is 0.326 e. The molecule has 2 atom stereocenters. The van der Waals surface area contributed by atoms with E-state index in [1.54, 1.807) is 56.0 Å². The van der Waals surface area contributed by atoms with Crippen molar-refractivity contribution < 1.29 is 29.3 Å². The first kappa shape index (κ1) is 42.4. The number of carboxylic acids is 1. The number of nitrogens with zero attached hydrogens (tertiary/aromatic N) is 1. The monoisotopic (exact) mass is 773 g/mol. The molecule has 11 heteroatoms. The number of thioether (sulfide) groups is 2. The smallest absolute Gasteiger partial charge is 0.326 e. The van der Waals surface area contributed by atoms with Crippen LogP contribution in [0, 0.1) is 5.41 Å². The molecule has 54 heavy (non-hydrogen) atoms. The summed E-state index contributed by atoms with van der Waals surface area (Å²) in [7, 11) is 0. The van der Waals surface area contributed by atoms with Gasteiger partial charge >= 0.3 is 5.97 Å². The quantitative estimate of drug-likeness (QED) is 0.0698. The van der Waals surface area contributed by atoms with Crippen LogP contribution in [0.2, 0.25) is 0 Å². The number of phenolic OH excluding ortho intramolecular Hbond substituents is 1. The summed E-state index contributed by atoms with van der Waals surface area (Å²) in [5.41, 5.74) is 3.54. The number of hydrogen-bond donors (Lipinski definition) is 4. The predicted molar refractivity (Wildman–Crippen MR) is 221 cm³/mol. The first-order valence-corrected chi connectivity index (χ1v) is 21.0. The summed E-state index contributed by atoms with van der Waals surface area (Å²) in [6.45, 7) is 8.64. The molecule has 0 bridgehead atoms. The molecular formula is C43H55N3O6S2. The van der Waals surface area contributed by atoms with Crippen LogP contribution >= 0.6 is 23.5 Å². The van der Waals surface area contributed by atoms with Crippen LogP contribution in [0.3, 0.4) is 0 Å². The van der Waals surface area contributed by atoms with E-state index in [0.717, 1.165) is 59.1 Å². The Labute approximate surface area is 329 Å². The first-order valence-electron chi connectivity index (χ1n) is 18.8. The molecule has 1 heterocycles. The molecule has 3 aromatic carbocycles. The number of hydrogen-bond acceptors (Lipinski definition) is 8. The summed E-state index contributed by atoms with van der Waals surface area (Å²) < 4.78 is 6.23.